The first-order valence-electron chi connectivity index (χ1n) is 5.89. The lowest BCUT2D eigenvalue weighted by Gasteiger charge is -2.20. The molecule has 5 nitrogen and oxygen atoms in total. The van der Waals surface area contributed by atoms with E-state index < -0.39 is 11.4 Å². The number of carboxylic acid groups (broad SMARTS) is 1. The minimum atomic E-state index is -1.00. The van der Waals surface area contributed by atoms with Crippen molar-refractivity contribution in [3.8, 4) is 0 Å². The summed E-state index contributed by atoms with van der Waals surface area (Å²) in [6.45, 7) is 3.19. The summed E-state index contributed by atoms with van der Waals surface area (Å²) in [5.74, 6) is -1.35. The zero-order chi connectivity index (χ0) is 14.0. The van der Waals surface area contributed by atoms with Gasteiger partial charge < -0.3 is 14.8 Å². The second-order valence-electron chi connectivity index (χ2n) is 5.05. The largest absolute Gasteiger partial charge is 0.481 e. The van der Waals surface area contributed by atoms with Gasteiger partial charge in [-0.3, -0.25) is 9.59 Å². The molecule has 100 valence electrons. The summed E-state index contributed by atoms with van der Waals surface area (Å²) >= 11 is 0. The number of aliphatic carboxylic acids is 1. The number of anilines is 1. The molecule has 0 unspecified atom stereocenters. The molecule has 2 rings (SSSR count). The van der Waals surface area contributed by atoms with E-state index in [4.69, 9.17) is 9.52 Å². The topological polar surface area (TPSA) is 79.5 Å². The summed E-state index contributed by atoms with van der Waals surface area (Å²) in [5, 5.41) is 12.3. The molecular weight excluding hydrogens is 246 g/mol. The maximum Gasteiger partial charge on any atom is 0.304 e. The Balaban J connectivity index is 2.21. The second-order valence-corrected chi connectivity index (χ2v) is 5.05. The van der Waals surface area contributed by atoms with E-state index in [2.05, 4.69) is 5.32 Å². The lowest BCUT2D eigenvalue weighted by Crippen LogP contribution is -2.32. The highest BCUT2D eigenvalue weighted by Gasteiger charge is 2.31. The number of hydrogen-bond acceptors (Lipinski definition) is 3. The average molecular weight is 261 g/mol. The normalized spacial score (nSPS) is 11.5. The van der Waals surface area contributed by atoms with Gasteiger partial charge in [-0.15, -0.1) is 0 Å². The molecule has 0 atom stereocenters. The van der Waals surface area contributed by atoms with Crippen molar-refractivity contribution in [3.05, 3.63) is 30.5 Å². The average Bonchev–Trinajstić information content (AvgIpc) is 2.71. The SMILES string of the molecule is CC(C)(CC(=O)O)C(=O)Nc1coc2ccccc12. The summed E-state index contributed by atoms with van der Waals surface area (Å²) in [6.07, 6.45) is 1.23. The highest BCUT2D eigenvalue weighted by Crippen LogP contribution is 2.28. The molecule has 0 fully saturated rings. The number of benzene rings is 1. The fourth-order valence-corrected chi connectivity index (χ4v) is 1.82. The zero-order valence-corrected chi connectivity index (χ0v) is 10.8. The molecule has 2 N–H and O–H groups in total. The van der Waals surface area contributed by atoms with E-state index in [0.29, 0.717) is 11.3 Å². The number of nitrogens with one attached hydrogen (secondary N) is 1. The summed E-state index contributed by atoms with van der Waals surface area (Å²) in [5.41, 5.74) is 0.248. The van der Waals surface area contributed by atoms with E-state index in [-0.39, 0.29) is 12.3 Å². The Bertz CT molecular complexity index is 627. The van der Waals surface area contributed by atoms with Crippen molar-refractivity contribution >= 4 is 28.5 Å². The maximum absolute atomic E-state index is 12.1. The Morgan fingerprint density at radius 3 is 2.68 bits per heavy atom. The van der Waals surface area contributed by atoms with Gasteiger partial charge >= 0.3 is 5.97 Å². The van der Waals surface area contributed by atoms with Crippen molar-refractivity contribution in [1.29, 1.82) is 0 Å². The van der Waals surface area contributed by atoms with Crippen LogP contribution in [-0.4, -0.2) is 17.0 Å². The highest BCUT2D eigenvalue weighted by atomic mass is 16.4. The van der Waals surface area contributed by atoms with Crippen LogP contribution in [0.25, 0.3) is 11.0 Å². The Labute approximate surface area is 110 Å². The van der Waals surface area contributed by atoms with Crippen molar-refractivity contribution < 1.29 is 19.1 Å². The summed E-state index contributed by atoms with van der Waals surface area (Å²) in [7, 11) is 0. The van der Waals surface area contributed by atoms with Gasteiger partial charge in [-0.1, -0.05) is 26.0 Å². The number of fused-ring (bicyclic) bond motifs is 1. The standard InChI is InChI=1S/C14H15NO4/c1-14(2,7-12(16)17)13(18)15-10-8-19-11-6-4-3-5-9(10)11/h3-6,8H,7H2,1-2H3,(H,15,18)(H,16,17). The third-order valence-corrected chi connectivity index (χ3v) is 2.94. The Morgan fingerprint density at radius 1 is 1.32 bits per heavy atom. The minimum Gasteiger partial charge on any atom is -0.481 e. The monoisotopic (exact) mass is 261 g/mol. The number of rotatable bonds is 4. The smallest absolute Gasteiger partial charge is 0.304 e. The number of para-hydroxylation sites is 1. The molecule has 0 saturated carbocycles. The van der Waals surface area contributed by atoms with Gasteiger partial charge in [0, 0.05) is 5.39 Å². The predicted molar refractivity (Wildman–Crippen MR) is 70.9 cm³/mol. The number of hydrogen-bond donors (Lipinski definition) is 2. The predicted octanol–water partition coefficient (Wildman–Crippen LogP) is 2.87. The Morgan fingerprint density at radius 2 is 2.00 bits per heavy atom. The number of amides is 1. The Kier molecular flexibility index (Phi) is 3.29. The highest BCUT2D eigenvalue weighted by molar-refractivity contribution is 6.03. The lowest BCUT2D eigenvalue weighted by atomic mass is 9.88. The van der Waals surface area contributed by atoms with E-state index in [9.17, 15) is 9.59 Å². The van der Waals surface area contributed by atoms with Crippen LogP contribution < -0.4 is 5.32 Å². The third kappa shape index (κ3) is 2.76. The second kappa shape index (κ2) is 4.76. The molecule has 0 radical (unpaired) electrons. The molecule has 19 heavy (non-hydrogen) atoms. The van der Waals surface area contributed by atoms with E-state index in [1.165, 1.54) is 6.26 Å². The van der Waals surface area contributed by atoms with Gasteiger partial charge in [0.1, 0.15) is 11.8 Å². The molecule has 2 aromatic rings. The van der Waals surface area contributed by atoms with Crippen molar-refractivity contribution in [3.63, 3.8) is 0 Å². The molecule has 1 heterocycles. The van der Waals surface area contributed by atoms with Crippen molar-refractivity contribution in [2.45, 2.75) is 20.3 Å². The summed E-state index contributed by atoms with van der Waals surface area (Å²) in [6, 6.07) is 7.31. The van der Waals surface area contributed by atoms with Crippen LogP contribution in [0.2, 0.25) is 0 Å². The van der Waals surface area contributed by atoms with Gasteiger partial charge in [0.25, 0.3) is 0 Å². The van der Waals surface area contributed by atoms with E-state index in [1.54, 1.807) is 19.9 Å². The van der Waals surface area contributed by atoms with Crippen molar-refractivity contribution in [2.75, 3.05) is 5.32 Å². The minimum absolute atomic E-state index is 0.228. The maximum atomic E-state index is 12.1. The molecule has 1 amide bonds. The van der Waals surface area contributed by atoms with Crippen LogP contribution in [0.3, 0.4) is 0 Å². The Hall–Kier alpha value is -2.30. The van der Waals surface area contributed by atoms with Crippen molar-refractivity contribution in [2.24, 2.45) is 5.41 Å². The fraction of sp³-hybridized carbons (Fsp3) is 0.286. The number of carboxylic acids is 1. The van der Waals surface area contributed by atoms with E-state index in [1.807, 2.05) is 18.2 Å². The van der Waals surface area contributed by atoms with Gasteiger partial charge in [-0.2, -0.15) is 0 Å². The molecule has 0 aliphatic heterocycles. The van der Waals surface area contributed by atoms with E-state index >= 15 is 0 Å². The quantitative estimate of drug-likeness (QED) is 0.886. The summed E-state index contributed by atoms with van der Waals surface area (Å²) in [4.78, 5) is 22.8. The number of carbonyl (C=O) groups is 2. The van der Waals surface area contributed by atoms with Crippen LogP contribution in [0.15, 0.2) is 34.9 Å². The third-order valence-electron chi connectivity index (χ3n) is 2.94. The van der Waals surface area contributed by atoms with Crippen molar-refractivity contribution in [1.82, 2.24) is 0 Å². The summed E-state index contributed by atoms with van der Waals surface area (Å²) < 4.78 is 5.31. The molecule has 0 aliphatic carbocycles. The lowest BCUT2D eigenvalue weighted by molar-refractivity contribution is -0.142. The van der Waals surface area contributed by atoms with Crippen LogP contribution in [0.4, 0.5) is 5.69 Å². The first-order chi connectivity index (χ1) is 8.90. The first kappa shape index (κ1) is 13.1. The van der Waals surface area contributed by atoms with Gasteiger partial charge in [-0.25, -0.2) is 0 Å². The van der Waals surface area contributed by atoms with Crippen LogP contribution in [0.5, 0.6) is 0 Å². The zero-order valence-electron chi connectivity index (χ0n) is 10.8. The van der Waals surface area contributed by atoms with Gasteiger partial charge in [0.05, 0.1) is 17.5 Å². The van der Waals surface area contributed by atoms with Crippen LogP contribution in [-0.2, 0) is 9.59 Å². The molecule has 0 saturated heterocycles. The van der Waals surface area contributed by atoms with E-state index in [0.717, 1.165) is 5.39 Å². The first-order valence-corrected chi connectivity index (χ1v) is 5.89. The molecular formula is C14H15NO4. The van der Waals surface area contributed by atoms with Crippen LogP contribution >= 0.6 is 0 Å². The molecule has 0 spiro atoms. The molecule has 0 bridgehead atoms. The van der Waals surface area contributed by atoms with Gasteiger partial charge in [0.2, 0.25) is 5.91 Å². The van der Waals surface area contributed by atoms with Crippen LogP contribution in [0.1, 0.15) is 20.3 Å². The molecule has 1 aromatic carbocycles. The molecule has 5 heteroatoms. The van der Waals surface area contributed by atoms with Gasteiger partial charge in [-0.05, 0) is 12.1 Å². The molecule has 0 aliphatic rings. The molecule has 1 aromatic heterocycles. The number of carbonyl (C=O) groups excluding carboxylic acids is 1. The fourth-order valence-electron chi connectivity index (χ4n) is 1.82. The van der Waals surface area contributed by atoms with Crippen LogP contribution in [0, 0.1) is 5.41 Å². The number of furan rings is 1. The van der Waals surface area contributed by atoms with Gasteiger partial charge in [0.15, 0.2) is 0 Å².